The molecule has 1 N–H and O–H groups in total. The molecule has 3 heteroatoms. The number of halogens is 1. The van der Waals surface area contributed by atoms with Crippen LogP contribution in [0.25, 0.3) is 5.57 Å². The van der Waals surface area contributed by atoms with Crippen LogP contribution in [0.15, 0.2) is 59.3 Å². The maximum absolute atomic E-state index is 4.19. The van der Waals surface area contributed by atoms with Gasteiger partial charge in [-0.25, -0.2) is 0 Å². The summed E-state index contributed by atoms with van der Waals surface area (Å²) < 4.78 is 1.08. The van der Waals surface area contributed by atoms with E-state index in [9.17, 15) is 0 Å². The first-order valence-electron chi connectivity index (χ1n) is 5.82. The van der Waals surface area contributed by atoms with Crippen LogP contribution in [0, 0.1) is 0 Å². The molecule has 0 radical (unpaired) electrons. The van der Waals surface area contributed by atoms with Crippen LogP contribution in [0.5, 0.6) is 0 Å². The Hall–Kier alpha value is -1.45. The average molecular weight is 303 g/mol. The Kier molecular flexibility index (Phi) is 4.67. The summed E-state index contributed by atoms with van der Waals surface area (Å²) in [5.41, 5.74) is 3.51. The lowest BCUT2D eigenvalue weighted by molar-refractivity contribution is 0.920. The van der Waals surface area contributed by atoms with E-state index in [2.05, 4.69) is 50.5 Å². The molecule has 92 valence electrons. The summed E-state index contributed by atoms with van der Waals surface area (Å²) in [6.45, 7) is 0.830. The minimum absolute atomic E-state index is 0.830. The van der Waals surface area contributed by atoms with E-state index >= 15 is 0 Å². The monoisotopic (exact) mass is 302 g/mol. The Morgan fingerprint density at radius 2 is 2.11 bits per heavy atom. The highest BCUT2D eigenvalue weighted by molar-refractivity contribution is 9.10. The van der Waals surface area contributed by atoms with E-state index in [1.807, 2.05) is 31.4 Å². The molecule has 0 saturated carbocycles. The van der Waals surface area contributed by atoms with Crippen molar-refractivity contribution >= 4 is 21.5 Å². The van der Waals surface area contributed by atoms with Gasteiger partial charge in [-0.2, -0.15) is 0 Å². The van der Waals surface area contributed by atoms with Gasteiger partial charge in [0, 0.05) is 29.0 Å². The van der Waals surface area contributed by atoms with Crippen molar-refractivity contribution in [2.24, 2.45) is 0 Å². The number of benzene rings is 1. The number of rotatable bonds is 4. The first-order valence-corrected chi connectivity index (χ1v) is 6.61. The normalized spacial score (nSPS) is 11.6. The maximum Gasteiger partial charge on any atom is 0.0346 e. The molecule has 0 unspecified atom stereocenters. The largest absolute Gasteiger partial charge is 0.316 e. The van der Waals surface area contributed by atoms with Crippen molar-refractivity contribution < 1.29 is 0 Å². The molecule has 2 aromatic rings. The van der Waals surface area contributed by atoms with Gasteiger partial charge in [-0.1, -0.05) is 40.2 Å². The van der Waals surface area contributed by atoms with Crippen molar-refractivity contribution in [1.29, 1.82) is 0 Å². The lowest BCUT2D eigenvalue weighted by Crippen LogP contribution is -2.05. The molecule has 1 aromatic heterocycles. The minimum Gasteiger partial charge on any atom is -0.316 e. The Balaban J connectivity index is 2.44. The van der Waals surface area contributed by atoms with Crippen LogP contribution < -0.4 is 5.32 Å². The quantitative estimate of drug-likeness (QED) is 0.935. The fourth-order valence-corrected chi connectivity index (χ4v) is 2.18. The molecule has 0 bridgehead atoms. The van der Waals surface area contributed by atoms with E-state index in [4.69, 9.17) is 0 Å². The van der Waals surface area contributed by atoms with Gasteiger partial charge in [0.1, 0.15) is 0 Å². The van der Waals surface area contributed by atoms with Crippen molar-refractivity contribution in [1.82, 2.24) is 10.3 Å². The van der Waals surface area contributed by atoms with Crippen molar-refractivity contribution in [3.05, 3.63) is 70.5 Å². The molecule has 0 atom stereocenters. The Morgan fingerprint density at radius 1 is 1.28 bits per heavy atom. The second-order valence-corrected chi connectivity index (χ2v) is 4.84. The number of hydrogen-bond donors (Lipinski definition) is 1. The maximum atomic E-state index is 4.19. The van der Waals surface area contributed by atoms with Crippen LogP contribution in [0.4, 0.5) is 0 Å². The van der Waals surface area contributed by atoms with Gasteiger partial charge in [0.2, 0.25) is 0 Å². The zero-order valence-corrected chi connectivity index (χ0v) is 11.8. The summed E-state index contributed by atoms with van der Waals surface area (Å²) >= 11 is 3.51. The summed E-state index contributed by atoms with van der Waals surface area (Å²) in [5, 5.41) is 3.14. The van der Waals surface area contributed by atoms with Crippen LogP contribution in [-0.4, -0.2) is 18.6 Å². The molecular weight excluding hydrogens is 288 g/mol. The third-order valence-electron chi connectivity index (χ3n) is 2.62. The molecular formula is C15H15BrN2. The smallest absolute Gasteiger partial charge is 0.0346 e. The van der Waals surface area contributed by atoms with E-state index in [1.165, 1.54) is 11.1 Å². The van der Waals surface area contributed by atoms with Crippen LogP contribution in [0.2, 0.25) is 0 Å². The van der Waals surface area contributed by atoms with E-state index in [1.54, 1.807) is 6.20 Å². The summed E-state index contributed by atoms with van der Waals surface area (Å²) in [6, 6.07) is 12.3. The number of aromatic nitrogens is 1. The molecule has 0 spiro atoms. The third kappa shape index (κ3) is 3.28. The summed E-state index contributed by atoms with van der Waals surface area (Å²) in [7, 11) is 1.94. The average Bonchev–Trinajstić information content (AvgIpc) is 2.40. The van der Waals surface area contributed by atoms with Crippen LogP contribution in [0.3, 0.4) is 0 Å². The van der Waals surface area contributed by atoms with Crippen molar-refractivity contribution in [3.8, 4) is 0 Å². The second-order valence-electron chi connectivity index (χ2n) is 3.93. The summed E-state index contributed by atoms with van der Waals surface area (Å²) in [5.74, 6) is 0. The number of hydrogen-bond acceptors (Lipinski definition) is 2. The third-order valence-corrected chi connectivity index (χ3v) is 3.11. The molecule has 0 amide bonds. The highest BCUT2D eigenvalue weighted by Gasteiger charge is 2.04. The Labute approximate surface area is 116 Å². The zero-order chi connectivity index (χ0) is 12.8. The van der Waals surface area contributed by atoms with Crippen LogP contribution in [0.1, 0.15) is 11.1 Å². The molecule has 0 aliphatic heterocycles. The highest BCUT2D eigenvalue weighted by atomic mass is 79.9. The first-order chi connectivity index (χ1) is 8.81. The van der Waals surface area contributed by atoms with Gasteiger partial charge in [0.05, 0.1) is 0 Å². The number of pyridine rings is 1. The molecule has 2 nitrogen and oxygen atoms in total. The first kappa shape index (κ1) is 13.0. The number of nitrogens with zero attached hydrogens (tertiary/aromatic N) is 1. The highest BCUT2D eigenvalue weighted by Crippen LogP contribution is 2.24. The molecule has 18 heavy (non-hydrogen) atoms. The van der Waals surface area contributed by atoms with Crippen molar-refractivity contribution in [2.75, 3.05) is 13.6 Å². The molecule has 2 rings (SSSR count). The summed E-state index contributed by atoms with van der Waals surface area (Å²) in [6.07, 6.45) is 5.86. The zero-order valence-electron chi connectivity index (χ0n) is 10.2. The van der Waals surface area contributed by atoms with E-state index in [0.717, 1.165) is 16.6 Å². The van der Waals surface area contributed by atoms with E-state index in [0.29, 0.717) is 0 Å². The Bertz CT molecular complexity index is 535. The molecule has 1 aromatic carbocycles. The van der Waals surface area contributed by atoms with Crippen molar-refractivity contribution in [3.63, 3.8) is 0 Å². The molecule has 1 heterocycles. The van der Waals surface area contributed by atoms with E-state index < -0.39 is 0 Å². The summed E-state index contributed by atoms with van der Waals surface area (Å²) in [4.78, 5) is 4.19. The lowest BCUT2D eigenvalue weighted by atomic mass is 9.99. The van der Waals surface area contributed by atoms with Gasteiger partial charge in [-0.05, 0) is 36.4 Å². The predicted octanol–water partition coefficient (Wildman–Crippen LogP) is 3.50. The van der Waals surface area contributed by atoms with Gasteiger partial charge < -0.3 is 5.32 Å². The van der Waals surface area contributed by atoms with Gasteiger partial charge >= 0.3 is 0 Å². The molecule has 0 aliphatic rings. The predicted molar refractivity (Wildman–Crippen MR) is 79.4 cm³/mol. The standard InChI is InChI=1S/C15H15BrN2/c1-17-9-7-15(13-5-3-8-18-11-13)12-4-2-6-14(16)10-12/h2-8,10-11,17H,9H2,1H3. The van der Waals surface area contributed by atoms with E-state index in [-0.39, 0.29) is 0 Å². The number of nitrogens with one attached hydrogen (secondary N) is 1. The van der Waals surface area contributed by atoms with Gasteiger partial charge in [0.15, 0.2) is 0 Å². The molecule has 0 aliphatic carbocycles. The van der Waals surface area contributed by atoms with Gasteiger partial charge in [0.25, 0.3) is 0 Å². The SMILES string of the molecule is CNCC=C(c1cccnc1)c1cccc(Br)c1. The molecule has 0 saturated heterocycles. The van der Waals surface area contributed by atoms with Crippen LogP contribution in [-0.2, 0) is 0 Å². The fraction of sp³-hybridized carbons (Fsp3) is 0.133. The van der Waals surface area contributed by atoms with Gasteiger partial charge in [-0.3, -0.25) is 4.98 Å². The fourth-order valence-electron chi connectivity index (χ4n) is 1.78. The van der Waals surface area contributed by atoms with Crippen molar-refractivity contribution in [2.45, 2.75) is 0 Å². The van der Waals surface area contributed by atoms with Gasteiger partial charge in [-0.15, -0.1) is 0 Å². The number of likely N-dealkylation sites (N-methyl/N-ethyl adjacent to an activating group) is 1. The second kappa shape index (κ2) is 6.47. The minimum atomic E-state index is 0.830. The lowest BCUT2D eigenvalue weighted by Gasteiger charge is -2.08. The topological polar surface area (TPSA) is 24.9 Å². The van der Waals surface area contributed by atoms with Crippen LogP contribution >= 0.6 is 15.9 Å². The molecule has 0 fully saturated rings. The Morgan fingerprint density at radius 3 is 2.78 bits per heavy atom.